The van der Waals surface area contributed by atoms with Crippen molar-refractivity contribution in [3.8, 4) is 11.1 Å². The summed E-state index contributed by atoms with van der Waals surface area (Å²) in [5, 5.41) is 4.68. The normalized spacial score (nSPS) is 15.2. The van der Waals surface area contributed by atoms with Gasteiger partial charge in [0, 0.05) is 44.1 Å². The Morgan fingerprint density at radius 1 is 0.970 bits per heavy atom. The molecule has 0 spiro atoms. The Balaban J connectivity index is 1.39. The van der Waals surface area contributed by atoms with E-state index >= 15 is 0 Å². The van der Waals surface area contributed by atoms with E-state index in [0.717, 1.165) is 55.4 Å². The number of ether oxygens (including phenoxy) is 1. The summed E-state index contributed by atoms with van der Waals surface area (Å²) in [6.07, 6.45) is 3.74. The van der Waals surface area contributed by atoms with Crippen LogP contribution in [0.3, 0.4) is 0 Å². The van der Waals surface area contributed by atoms with Crippen LogP contribution in [0.4, 0.5) is 0 Å². The molecule has 8 heteroatoms. The summed E-state index contributed by atoms with van der Waals surface area (Å²) in [6, 6.07) is 19.4. The highest BCUT2D eigenvalue weighted by molar-refractivity contribution is 7.90. The predicted octanol–water partition coefficient (Wildman–Crippen LogP) is 3.22. The van der Waals surface area contributed by atoms with Gasteiger partial charge in [0.15, 0.2) is 21.3 Å². The lowest BCUT2D eigenvalue weighted by Gasteiger charge is -2.26. The Kier molecular flexibility index (Phi) is 5.97. The number of benzene rings is 2. The molecule has 0 atom stereocenters. The number of hydrogen-bond donors (Lipinski definition) is 0. The van der Waals surface area contributed by atoms with E-state index in [1.807, 2.05) is 30.5 Å². The topological polar surface area (TPSA) is 76.8 Å². The Labute approximate surface area is 193 Å². The fourth-order valence-electron chi connectivity index (χ4n) is 4.17. The van der Waals surface area contributed by atoms with Crippen LogP contribution in [-0.2, 0) is 27.5 Å². The van der Waals surface area contributed by atoms with Crippen LogP contribution in [0.1, 0.15) is 17.0 Å². The van der Waals surface area contributed by atoms with Crippen molar-refractivity contribution in [3.63, 3.8) is 0 Å². The van der Waals surface area contributed by atoms with E-state index in [-0.39, 0.29) is 0 Å². The molecule has 1 aliphatic rings. The number of hydrogen-bond acceptors (Lipinski definition) is 6. The van der Waals surface area contributed by atoms with Crippen LogP contribution in [-0.4, -0.2) is 60.5 Å². The van der Waals surface area contributed by atoms with E-state index in [9.17, 15) is 8.42 Å². The van der Waals surface area contributed by atoms with Gasteiger partial charge in [0.1, 0.15) is 0 Å². The predicted molar refractivity (Wildman–Crippen MR) is 127 cm³/mol. The zero-order valence-corrected chi connectivity index (χ0v) is 19.3. The van der Waals surface area contributed by atoms with Crippen molar-refractivity contribution in [3.05, 3.63) is 83.8 Å². The van der Waals surface area contributed by atoms with Crippen molar-refractivity contribution in [1.29, 1.82) is 0 Å². The molecule has 33 heavy (non-hydrogen) atoms. The maximum absolute atomic E-state index is 11.8. The van der Waals surface area contributed by atoms with E-state index in [1.54, 1.807) is 16.6 Å². The van der Waals surface area contributed by atoms with Crippen molar-refractivity contribution in [2.45, 2.75) is 17.9 Å². The molecule has 0 unspecified atom stereocenters. The van der Waals surface area contributed by atoms with Gasteiger partial charge in [-0.2, -0.15) is 5.10 Å². The molecule has 7 nitrogen and oxygen atoms in total. The molecule has 0 aliphatic carbocycles. The van der Waals surface area contributed by atoms with Gasteiger partial charge in [-0.15, -0.1) is 0 Å². The second kappa shape index (κ2) is 9.05. The molecule has 3 heterocycles. The van der Waals surface area contributed by atoms with Crippen LogP contribution in [0.5, 0.6) is 0 Å². The average molecular weight is 463 g/mol. The monoisotopic (exact) mass is 462 g/mol. The summed E-state index contributed by atoms with van der Waals surface area (Å²) >= 11 is 0. The molecule has 1 aliphatic heterocycles. The molecule has 0 radical (unpaired) electrons. The van der Waals surface area contributed by atoms with Gasteiger partial charge in [0.2, 0.25) is 0 Å². The number of morpholine rings is 1. The second-order valence-electron chi connectivity index (χ2n) is 8.40. The van der Waals surface area contributed by atoms with E-state index in [2.05, 4.69) is 34.3 Å². The number of sulfone groups is 1. The largest absolute Gasteiger partial charge is 0.379 e. The van der Waals surface area contributed by atoms with E-state index in [4.69, 9.17) is 9.72 Å². The molecule has 1 saturated heterocycles. The molecular weight excluding hydrogens is 436 g/mol. The third-order valence-electron chi connectivity index (χ3n) is 5.86. The molecule has 0 amide bonds. The van der Waals surface area contributed by atoms with Crippen LogP contribution < -0.4 is 0 Å². The molecule has 0 N–H and O–H groups in total. The Bertz CT molecular complexity index is 1370. The van der Waals surface area contributed by atoms with Crippen LogP contribution in [0, 0.1) is 0 Å². The van der Waals surface area contributed by atoms with Crippen molar-refractivity contribution >= 4 is 15.5 Å². The number of nitrogens with zero attached hydrogens (tertiary/aromatic N) is 4. The Morgan fingerprint density at radius 2 is 1.73 bits per heavy atom. The zero-order chi connectivity index (χ0) is 22.8. The molecule has 0 bridgehead atoms. The summed E-state index contributed by atoms with van der Waals surface area (Å²) in [6.45, 7) is 4.44. The van der Waals surface area contributed by atoms with E-state index < -0.39 is 9.84 Å². The third-order valence-corrected chi connectivity index (χ3v) is 6.99. The number of pyridine rings is 1. The van der Waals surface area contributed by atoms with Crippen molar-refractivity contribution in [2.24, 2.45) is 0 Å². The molecule has 2 aromatic carbocycles. The first-order valence-corrected chi connectivity index (χ1v) is 12.9. The van der Waals surface area contributed by atoms with Gasteiger partial charge < -0.3 is 4.74 Å². The molecule has 0 saturated carbocycles. The standard InChI is InChI=1S/C25H26N4O3S/c1-33(30,31)22-9-7-21(8-10-22)23-6-3-11-29-25(23)26-24(27-29)17-19-4-2-5-20(16-19)18-28-12-14-32-15-13-28/h2-11,16H,12-15,17-18H2,1H3. The SMILES string of the molecule is CS(=O)(=O)c1ccc(-c2cccn3nc(Cc4cccc(CN5CCOCC5)c4)nc23)cc1. The summed E-state index contributed by atoms with van der Waals surface area (Å²) < 4.78 is 30.8. The average Bonchev–Trinajstić information content (AvgIpc) is 3.22. The summed E-state index contributed by atoms with van der Waals surface area (Å²) in [7, 11) is -3.23. The lowest BCUT2D eigenvalue weighted by Crippen LogP contribution is -2.35. The van der Waals surface area contributed by atoms with Crippen LogP contribution in [0.25, 0.3) is 16.8 Å². The number of rotatable bonds is 6. The maximum atomic E-state index is 11.8. The zero-order valence-electron chi connectivity index (χ0n) is 18.5. The highest BCUT2D eigenvalue weighted by Crippen LogP contribution is 2.25. The van der Waals surface area contributed by atoms with Crippen molar-refractivity contribution in [2.75, 3.05) is 32.6 Å². The highest BCUT2D eigenvalue weighted by atomic mass is 32.2. The lowest BCUT2D eigenvalue weighted by atomic mass is 10.1. The second-order valence-corrected chi connectivity index (χ2v) is 10.4. The minimum Gasteiger partial charge on any atom is -0.379 e. The van der Waals surface area contributed by atoms with Crippen LogP contribution >= 0.6 is 0 Å². The minimum absolute atomic E-state index is 0.303. The lowest BCUT2D eigenvalue weighted by molar-refractivity contribution is 0.0342. The molecule has 4 aromatic rings. The van der Waals surface area contributed by atoms with E-state index in [0.29, 0.717) is 11.3 Å². The van der Waals surface area contributed by atoms with Gasteiger partial charge in [-0.1, -0.05) is 36.4 Å². The highest BCUT2D eigenvalue weighted by Gasteiger charge is 2.14. The molecule has 2 aromatic heterocycles. The van der Waals surface area contributed by atoms with Crippen LogP contribution in [0.2, 0.25) is 0 Å². The Morgan fingerprint density at radius 3 is 2.48 bits per heavy atom. The third kappa shape index (κ3) is 4.98. The first-order valence-electron chi connectivity index (χ1n) is 11.0. The molecule has 5 rings (SSSR count). The summed E-state index contributed by atoms with van der Waals surface area (Å²) in [5.41, 5.74) is 5.03. The fourth-order valence-corrected chi connectivity index (χ4v) is 4.80. The first kappa shape index (κ1) is 21.8. The smallest absolute Gasteiger partial charge is 0.175 e. The molecule has 170 valence electrons. The molecule has 1 fully saturated rings. The summed E-state index contributed by atoms with van der Waals surface area (Å²) in [5.74, 6) is 0.749. The van der Waals surface area contributed by atoms with Gasteiger partial charge in [-0.25, -0.2) is 17.9 Å². The van der Waals surface area contributed by atoms with Gasteiger partial charge in [-0.05, 0) is 41.0 Å². The minimum atomic E-state index is -3.23. The maximum Gasteiger partial charge on any atom is 0.175 e. The van der Waals surface area contributed by atoms with Gasteiger partial charge in [0.05, 0.1) is 18.1 Å². The molecular formula is C25H26N4O3S. The summed E-state index contributed by atoms with van der Waals surface area (Å²) in [4.78, 5) is 7.52. The first-order chi connectivity index (χ1) is 16.0. The fraction of sp³-hybridized carbons (Fsp3) is 0.280. The Hall–Kier alpha value is -3.07. The van der Waals surface area contributed by atoms with Gasteiger partial charge in [0.25, 0.3) is 0 Å². The van der Waals surface area contributed by atoms with Gasteiger partial charge in [-0.3, -0.25) is 4.90 Å². The van der Waals surface area contributed by atoms with Crippen molar-refractivity contribution in [1.82, 2.24) is 19.5 Å². The van der Waals surface area contributed by atoms with E-state index in [1.165, 1.54) is 17.4 Å². The van der Waals surface area contributed by atoms with Gasteiger partial charge >= 0.3 is 0 Å². The number of fused-ring (bicyclic) bond motifs is 1. The van der Waals surface area contributed by atoms with Crippen LogP contribution in [0.15, 0.2) is 71.8 Å². The number of aromatic nitrogens is 3. The van der Waals surface area contributed by atoms with Crippen molar-refractivity contribution < 1.29 is 13.2 Å². The quantitative estimate of drug-likeness (QED) is 0.438.